The number of likely N-dealkylation sites (tertiary alicyclic amines) is 1. The molecule has 0 N–H and O–H groups in total. The van der Waals surface area contributed by atoms with Crippen molar-refractivity contribution in [3.63, 3.8) is 0 Å². The van der Waals surface area contributed by atoms with E-state index in [1.165, 1.54) is 30.6 Å². The molecule has 1 aromatic heterocycles. The van der Waals surface area contributed by atoms with Crippen LogP contribution in [0.5, 0.6) is 0 Å². The third kappa shape index (κ3) is 2.54. The van der Waals surface area contributed by atoms with Crippen LogP contribution in [0.3, 0.4) is 0 Å². The third-order valence-electron chi connectivity index (χ3n) is 3.95. The zero-order chi connectivity index (χ0) is 11.7. The van der Waals surface area contributed by atoms with E-state index < -0.39 is 0 Å². The molecule has 2 aliphatic rings. The van der Waals surface area contributed by atoms with Crippen LogP contribution in [0.2, 0.25) is 0 Å². The van der Waals surface area contributed by atoms with Crippen LogP contribution in [0.4, 0.5) is 0 Å². The first-order valence-electron chi connectivity index (χ1n) is 6.66. The molecule has 2 nitrogen and oxygen atoms in total. The van der Waals surface area contributed by atoms with Gasteiger partial charge >= 0.3 is 0 Å². The lowest BCUT2D eigenvalue weighted by molar-refractivity contribution is -0.132. The molecular weight excluding hydrogens is 230 g/mol. The minimum atomic E-state index is 0.382. The molecule has 1 aromatic rings. The Morgan fingerprint density at radius 1 is 1.41 bits per heavy atom. The minimum Gasteiger partial charge on any atom is -0.339 e. The average Bonchev–Trinajstić information content (AvgIpc) is 2.88. The van der Waals surface area contributed by atoms with Gasteiger partial charge in [-0.3, -0.25) is 4.79 Å². The highest BCUT2D eigenvalue weighted by atomic mass is 32.1. The van der Waals surface area contributed by atoms with Gasteiger partial charge in [-0.1, -0.05) is 6.07 Å². The monoisotopic (exact) mass is 249 g/mol. The lowest BCUT2D eigenvalue weighted by atomic mass is 10.1. The number of carbonyl (C=O) groups excluding carboxylic acids is 1. The van der Waals surface area contributed by atoms with Gasteiger partial charge in [-0.05, 0) is 49.5 Å². The fraction of sp³-hybridized carbons (Fsp3) is 0.643. The summed E-state index contributed by atoms with van der Waals surface area (Å²) >= 11 is 1.76. The molecule has 3 rings (SSSR count). The molecule has 1 saturated heterocycles. The van der Waals surface area contributed by atoms with Crippen LogP contribution in [0, 0.1) is 5.92 Å². The number of aryl methyl sites for hydroxylation is 1. The van der Waals surface area contributed by atoms with Crippen molar-refractivity contribution in [1.82, 2.24) is 4.90 Å². The van der Waals surface area contributed by atoms with Crippen LogP contribution < -0.4 is 0 Å². The Hall–Kier alpha value is -0.830. The number of thiophene rings is 1. The number of nitrogens with zero attached hydrogens (tertiary/aromatic N) is 1. The molecule has 1 amide bonds. The lowest BCUT2D eigenvalue weighted by Gasteiger charge is -2.24. The van der Waals surface area contributed by atoms with E-state index in [1.807, 2.05) is 0 Å². The molecular formula is C14H19NOS. The van der Waals surface area contributed by atoms with Crippen LogP contribution >= 0.6 is 11.3 Å². The normalized spacial score (nSPS) is 24.2. The number of hydrogen-bond donors (Lipinski definition) is 0. The van der Waals surface area contributed by atoms with E-state index in [2.05, 4.69) is 22.4 Å². The van der Waals surface area contributed by atoms with Crippen molar-refractivity contribution in [3.05, 3.63) is 22.4 Å². The van der Waals surface area contributed by atoms with E-state index in [1.54, 1.807) is 11.3 Å². The Kier molecular flexibility index (Phi) is 3.19. The van der Waals surface area contributed by atoms with Gasteiger partial charge in [-0.25, -0.2) is 0 Å². The van der Waals surface area contributed by atoms with Gasteiger partial charge in [0.25, 0.3) is 0 Å². The van der Waals surface area contributed by atoms with Gasteiger partial charge in [0.15, 0.2) is 0 Å². The van der Waals surface area contributed by atoms with Crippen molar-refractivity contribution in [1.29, 1.82) is 0 Å². The maximum absolute atomic E-state index is 12.2. The Morgan fingerprint density at radius 2 is 2.29 bits per heavy atom. The zero-order valence-corrected chi connectivity index (χ0v) is 10.9. The molecule has 2 fully saturated rings. The van der Waals surface area contributed by atoms with E-state index in [4.69, 9.17) is 0 Å². The van der Waals surface area contributed by atoms with Crippen molar-refractivity contribution in [3.8, 4) is 0 Å². The Labute approximate surface area is 107 Å². The number of carbonyl (C=O) groups is 1. The predicted octanol–water partition coefficient (Wildman–Crippen LogP) is 3.08. The van der Waals surface area contributed by atoms with Gasteiger partial charge in [0, 0.05) is 23.9 Å². The summed E-state index contributed by atoms with van der Waals surface area (Å²) in [5.41, 5.74) is 0. The second-order valence-corrected chi connectivity index (χ2v) is 6.25. The van der Waals surface area contributed by atoms with Crippen LogP contribution in [0.25, 0.3) is 0 Å². The second kappa shape index (κ2) is 4.81. The highest BCUT2D eigenvalue weighted by molar-refractivity contribution is 7.09. The standard InChI is InChI=1S/C14H19NOS/c16-14(8-7-12-3-2-10-17-12)15-9-1-4-13(15)11-5-6-11/h2-3,10-11,13H,1,4-9H2. The van der Waals surface area contributed by atoms with E-state index in [-0.39, 0.29) is 0 Å². The second-order valence-electron chi connectivity index (χ2n) is 5.21. The number of amides is 1. The van der Waals surface area contributed by atoms with E-state index in [0.717, 1.165) is 18.9 Å². The van der Waals surface area contributed by atoms with Gasteiger partial charge in [0.2, 0.25) is 5.91 Å². The molecule has 0 aromatic carbocycles. The lowest BCUT2D eigenvalue weighted by Crippen LogP contribution is -2.36. The van der Waals surface area contributed by atoms with Crippen LogP contribution in [-0.2, 0) is 11.2 Å². The van der Waals surface area contributed by atoms with Crippen molar-refractivity contribution < 1.29 is 4.79 Å². The average molecular weight is 249 g/mol. The van der Waals surface area contributed by atoms with Crippen molar-refractivity contribution >= 4 is 17.2 Å². The fourth-order valence-corrected chi connectivity index (χ4v) is 3.61. The highest BCUT2D eigenvalue weighted by Crippen LogP contribution is 2.40. The molecule has 0 spiro atoms. The van der Waals surface area contributed by atoms with Gasteiger partial charge in [0.1, 0.15) is 0 Å². The summed E-state index contributed by atoms with van der Waals surface area (Å²) in [5.74, 6) is 1.22. The minimum absolute atomic E-state index is 0.382. The van der Waals surface area contributed by atoms with Crippen LogP contribution in [-0.4, -0.2) is 23.4 Å². The summed E-state index contributed by atoms with van der Waals surface area (Å²) < 4.78 is 0. The molecule has 1 aliphatic carbocycles. The quantitative estimate of drug-likeness (QED) is 0.803. The van der Waals surface area contributed by atoms with E-state index in [9.17, 15) is 4.79 Å². The van der Waals surface area contributed by atoms with E-state index >= 15 is 0 Å². The first-order valence-corrected chi connectivity index (χ1v) is 7.54. The number of rotatable bonds is 4. The van der Waals surface area contributed by atoms with Crippen LogP contribution in [0.1, 0.15) is 37.0 Å². The molecule has 1 saturated carbocycles. The molecule has 2 heterocycles. The van der Waals surface area contributed by atoms with E-state index in [0.29, 0.717) is 18.4 Å². The van der Waals surface area contributed by atoms with Gasteiger partial charge in [-0.2, -0.15) is 0 Å². The summed E-state index contributed by atoms with van der Waals surface area (Å²) in [6, 6.07) is 4.78. The van der Waals surface area contributed by atoms with Crippen molar-refractivity contribution in [2.75, 3.05) is 6.54 Å². The topological polar surface area (TPSA) is 20.3 Å². The molecule has 3 heteroatoms. The van der Waals surface area contributed by atoms with Crippen molar-refractivity contribution in [2.45, 2.75) is 44.6 Å². The maximum atomic E-state index is 12.2. The summed E-state index contributed by atoms with van der Waals surface area (Å²) in [6.07, 6.45) is 6.77. The number of hydrogen-bond acceptors (Lipinski definition) is 2. The molecule has 17 heavy (non-hydrogen) atoms. The SMILES string of the molecule is O=C(CCc1cccs1)N1CCCC1C1CC1. The fourth-order valence-electron chi connectivity index (χ4n) is 2.90. The highest BCUT2D eigenvalue weighted by Gasteiger charge is 2.39. The summed E-state index contributed by atoms with van der Waals surface area (Å²) in [7, 11) is 0. The van der Waals surface area contributed by atoms with Gasteiger partial charge < -0.3 is 4.90 Å². The molecule has 0 radical (unpaired) electrons. The first kappa shape index (κ1) is 11.3. The molecule has 92 valence electrons. The first-order chi connectivity index (χ1) is 8.34. The Morgan fingerprint density at radius 3 is 3.00 bits per heavy atom. The summed E-state index contributed by atoms with van der Waals surface area (Å²) in [4.78, 5) is 15.7. The predicted molar refractivity (Wildman–Crippen MR) is 70.1 cm³/mol. The molecule has 1 atom stereocenters. The molecule has 1 aliphatic heterocycles. The zero-order valence-electron chi connectivity index (χ0n) is 10.1. The van der Waals surface area contributed by atoms with Gasteiger partial charge in [0.05, 0.1) is 0 Å². The third-order valence-corrected chi connectivity index (χ3v) is 4.89. The smallest absolute Gasteiger partial charge is 0.223 e. The maximum Gasteiger partial charge on any atom is 0.223 e. The Balaban J connectivity index is 1.54. The largest absolute Gasteiger partial charge is 0.339 e. The molecule has 0 bridgehead atoms. The summed E-state index contributed by atoms with van der Waals surface area (Å²) in [5, 5.41) is 2.09. The van der Waals surface area contributed by atoms with Crippen LogP contribution in [0.15, 0.2) is 17.5 Å². The molecule has 1 unspecified atom stereocenters. The summed E-state index contributed by atoms with van der Waals surface area (Å²) in [6.45, 7) is 1.00. The van der Waals surface area contributed by atoms with Crippen molar-refractivity contribution in [2.24, 2.45) is 5.92 Å². The van der Waals surface area contributed by atoms with Gasteiger partial charge in [-0.15, -0.1) is 11.3 Å². The Bertz CT molecular complexity index is 383.